The molecule has 0 aliphatic rings. The van der Waals surface area contributed by atoms with Crippen LogP contribution in [-0.2, 0) is 0 Å². The summed E-state index contributed by atoms with van der Waals surface area (Å²) in [5.74, 6) is 0.908. The zero-order valence-corrected chi connectivity index (χ0v) is 8.89. The van der Waals surface area contributed by atoms with Crippen LogP contribution in [0.25, 0.3) is 12.7 Å². The van der Waals surface area contributed by atoms with E-state index in [1.54, 1.807) is 0 Å². The number of aryl methyl sites for hydroxylation is 1. The largest absolute Gasteiger partial charge is 0.343 e. The summed E-state index contributed by atoms with van der Waals surface area (Å²) in [5.41, 5.74) is 0. The van der Waals surface area contributed by atoms with Crippen molar-refractivity contribution in [2.45, 2.75) is 27.7 Å². The number of aromatic nitrogens is 2. The maximum atomic E-state index is 4.22. The summed E-state index contributed by atoms with van der Waals surface area (Å²) >= 11 is 0. The lowest BCUT2D eigenvalue weighted by atomic mass is 10.4. The van der Waals surface area contributed by atoms with Crippen LogP contribution in [0.1, 0.15) is 26.6 Å². The van der Waals surface area contributed by atoms with Crippen LogP contribution in [-0.4, -0.2) is 9.97 Å². The molecule has 2 nitrogen and oxygen atoms in total. The Morgan fingerprint density at radius 1 is 1.38 bits per heavy atom. The molecule has 13 heavy (non-hydrogen) atoms. The number of hydrogen-bond donors (Lipinski definition) is 1. The fourth-order valence-corrected chi connectivity index (χ4v) is 0.884. The second-order valence-corrected chi connectivity index (χ2v) is 2.38. The summed E-state index contributed by atoms with van der Waals surface area (Å²) in [4.78, 5) is 7.25. The molecule has 0 aliphatic heterocycles. The minimum atomic E-state index is 0.876. The van der Waals surface area contributed by atoms with E-state index in [4.69, 9.17) is 0 Å². The van der Waals surface area contributed by atoms with Crippen molar-refractivity contribution in [3.05, 3.63) is 28.7 Å². The van der Waals surface area contributed by atoms with Crippen LogP contribution in [0.5, 0.6) is 0 Å². The summed E-state index contributed by atoms with van der Waals surface area (Å²) in [6.45, 7) is 11.7. The first kappa shape index (κ1) is 11.7. The lowest BCUT2D eigenvalue weighted by Crippen LogP contribution is -2.21. The van der Waals surface area contributed by atoms with Crippen LogP contribution in [0.4, 0.5) is 0 Å². The van der Waals surface area contributed by atoms with Gasteiger partial charge in [-0.15, -0.1) is 0 Å². The van der Waals surface area contributed by atoms with Gasteiger partial charge in [0, 0.05) is 0 Å². The molecule has 0 aromatic carbocycles. The van der Waals surface area contributed by atoms with E-state index >= 15 is 0 Å². The van der Waals surface area contributed by atoms with Gasteiger partial charge >= 0.3 is 0 Å². The Morgan fingerprint density at radius 2 is 2.00 bits per heavy atom. The van der Waals surface area contributed by atoms with Crippen molar-refractivity contribution in [2.75, 3.05) is 0 Å². The average molecular weight is 178 g/mol. The SMILES string of the molecule is C=c1[nH]c(C)n/c1=C/C=C\C.CC. The van der Waals surface area contributed by atoms with Crippen LogP contribution in [0.2, 0.25) is 0 Å². The molecule has 1 aromatic heterocycles. The highest BCUT2D eigenvalue weighted by atomic mass is 14.9. The van der Waals surface area contributed by atoms with E-state index in [1.807, 2.05) is 45.9 Å². The van der Waals surface area contributed by atoms with Crippen molar-refractivity contribution >= 4 is 12.7 Å². The van der Waals surface area contributed by atoms with E-state index in [2.05, 4.69) is 16.5 Å². The van der Waals surface area contributed by atoms with Gasteiger partial charge in [0.2, 0.25) is 0 Å². The van der Waals surface area contributed by atoms with Crippen molar-refractivity contribution in [1.29, 1.82) is 0 Å². The second kappa shape index (κ2) is 6.23. The molecule has 0 spiro atoms. The summed E-state index contributed by atoms with van der Waals surface area (Å²) in [6.07, 6.45) is 5.85. The number of hydrogen-bond acceptors (Lipinski definition) is 1. The van der Waals surface area contributed by atoms with Gasteiger partial charge in [-0.2, -0.15) is 0 Å². The minimum Gasteiger partial charge on any atom is -0.343 e. The second-order valence-electron chi connectivity index (χ2n) is 2.38. The zero-order valence-electron chi connectivity index (χ0n) is 8.89. The highest BCUT2D eigenvalue weighted by molar-refractivity contribution is 5.34. The number of aromatic amines is 1. The van der Waals surface area contributed by atoms with Crippen molar-refractivity contribution in [1.82, 2.24) is 9.97 Å². The van der Waals surface area contributed by atoms with Gasteiger partial charge in [0.1, 0.15) is 5.82 Å². The van der Waals surface area contributed by atoms with Crippen LogP contribution < -0.4 is 10.7 Å². The molecule has 0 unspecified atom stereocenters. The molecular weight excluding hydrogens is 160 g/mol. The van der Waals surface area contributed by atoms with Gasteiger partial charge in [0.25, 0.3) is 0 Å². The Labute approximate surface area is 79.7 Å². The Kier molecular flexibility index (Phi) is 5.60. The van der Waals surface area contributed by atoms with Crippen LogP contribution >= 0.6 is 0 Å². The lowest BCUT2D eigenvalue weighted by Gasteiger charge is -1.71. The highest BCUT2D eigenvalue weighted by Gasteiger charge is 1.86. The third-order valence-corrected chi connectivity index (χ3v) is 1.38. The molecule has 0 amide bonds. The summed E-state index contributed by atoms with van der Waals surface area (Å²) in [5, 5.41) is 1.79. The van der Waals surface area contributed by atoms with Crippen molar-refractivity contribution in [3.8, 4) is 0 Å². The number of H-pyrrole nitrogens is 1. The molecule has 2 heteroatoms. The molecule has 1 N–H and O–H groups in total. The molecule has 72 valence electrons. The molecule has 0 atom stereocenters. The van der Waals surface area contributed by atoms with E-state index in [1.165, 1.54) is 0 Å². The van der Waals surface area contributed by atoms with E-state index in [0.717, 1.165) is 16.5 Å². The first-order chi connectivity index (χ1) is 6.24. The first-order valence-electron chi connectivity index (χ1n) is 4.58. The predicted octanol–water partition coefficient (Wildman–Crippen LogP) is 1.51. The van der Waals surface area contributed by atoms with Gasteiger partial charge in [0.15, 0.2) is 0 Å². The van der Waals surface area contributed by atoms with Gasteiger partial charge in [0.05, 0.1) is 10.7 Å². The van der Waals surface area contributed by atoms with Crippen molar-refractivity contribution in [3.63, 3.8) is 0 Å². The van der Waals surface area contributed by atoms with Crippen molar-refractivity contribution in [2.24, 2.45) is 0 Å². The highest BCUT2D eigenvalue weighted by Crippen LogP contribution is 1.73. The van der Waals surface area contributed by atoms with Gasteiger partial charge in [-0.3, -0.25) is 0 Å². The molecule has 0 radical (unpaired) electrons. The Balaban J connectivity index is 0.000000671. The van der Waals surface area contributed by atoms with Gasteiger partial charge < -0.3 is 4.98 Å². The number of nitrogens with one attached hydrogen (secondary N) is 1. The summed E-state index contributed by atoms with van der Waals surface area (Å²) in [6, 6.07) is 0. The molecule has 0 fully saturated rings. The maximum absolute atomic E-state index is 4.22. The van der Waals surface area contributed by atoms with E-state index in [0.29, 0.717) is 0 Å². The number of allylic oxidation sites excluding steroid dienone is 2. The lowest BCUT2D eigenvalue weighted by molar-refractivity contribution is 1.13. The van der Waals surface area contributed by atoms with Crippen LogP contribution in [0.15, 0.2) is 12.2 Å². The van der Waals surface area contributed by atoms with E-state index in [-0.39, 0.29) is 0 Å². The normalized spacial score (nSPS) is 11.5. The van der Waals surface area contributed by atoms with Gasteiger partial charge in [-0.1, -0.05) is 32.6 Å². The number of nitrogens with zero attached hydrogens (tertiary/aromatic N) is 1. The Hall–Kier alpha value is -1.31. The summed E-state index contributed by atoms with van der Waals surface area (Å²) in [7, 11) is 0. The first-order valence-corrected chi connectivity index (χ1v) is 4.58. The van der Waals surface area contributed by atoms with Crippen LogP contribution in [0, 0.1) is 6.92 Å². The van der Waals surface area contributed by atoms with E-state index in [9.17, 15) is 0 Å². The van der Waals surface area contributed by atoms with Crippen LogP contribution in [0.3, 0.4) is 0 Å². The molecule has 1 heterocycles. The molecule has 0 saturated carbocycles. The molecule has 1 rings (SSSR count). The fraction of sp³-hybridized carbons (Fsp3) is 0.364. The number of rotatable bonds is 1. The fourth-order valence-electron chi connectivity index (χ4n) is 0.884. The minimum absolute atomic E-state index is 0.876. The monoisotopic (exact) mass is 178 g/mol. The topological polar surface area (TPSA) is 28.7 Å². The average Bonchev–Trinajstić information content (AvgIpc) is 2.45. The smallest absolute Gasteiger partial charge is 0.104 e. The molecule has 0 bridgehead atoms. The Morgan fingerprint density at radius 3 is 2.38 bits per heavy atom. The van der Waals surface area contributed by atoms with E-state index < -0.39 is 0 Å². The molecule has 0 aliphatic carbocycles. The molecule has 1 aromatic rings. The third-order valence-electron chi connectivity index (χ3n) is 1.38. The third kappa shape index (κ3) is 3.74. The zero-order chi connectivity index (χ0) is 10.3. The predicted molar refractivity (Wildman–Crippen MR) is 58.7 cm³/mol. The number of imidazole rings is 1. The quantitative estimate of drug-likeness (QED) is 0.694. The summed E-state index contributed by atoms with van der Waals surface area (Å²) < 4.78 is 0. The molecular formula is C11H18N2. The van der Waals surface area contributed by atoms with Crippen molar-refractivity contribution < 1.29 is 0 Å². The Bertz CT molecular complexity index is 358. The molecule has 0 saturated heterocycles. The standard InChI is InChI=1S/C9H12N2.C2H6/c1-4-5-6-9-7(2)10-8(3)11-9;1-2/h4-6H,2H2,1,3H3,(H,10,11);1-2H3/b5-4-,9-6+;. The van der Waals surface area contributed by atoms with Gasteiger partial charge in [-0.05, 0) is 19.9 Å². The maximum Gasteiger partial charge on any atom is 0.104 e. The van der Waals surface area contributed by atoms with Gasteiger partial charge in [-0.25, -0.2) is 4.98 Å².